The Hall–Kier alpha value is -3.30. The Kier molecular flexibility index (Phi) is 5.00. The van der Waals surface area contributed by atoms with Crippen molar-refractivity contribution in [2.24, 2.45) is 0 Å². The number of ether oxygens (including phenoxy) is 1. The smallest absolute Gasteiger partial charge is 0.410 e. The van der Waals surface area contributed by atoms with E-state index in [-0.39, 0.29) is 31.1 Å². The van der Waals surface area contributed by atoms with Crippen LogP contribution in [0.3, 0.4) is 0 Å². The lowest BCUT2D eigenvalue weighted by Gasteiger charge is -2.33. The number of nitrogens with zero attached hydrogens (tertiary/aromatic N) is 4. The van der Waals surface area contributed by atoms with Crippen molar-refractivity contribution in [1.82, 2.24) is 14.9 Å². The summed E-state index contributed by atoms with van der Waals surface area (Å²) in [6.07, 6.45) is -3.50. The molecule has 0 spiro atoms. The molecule has 1 atom stereocenters. The van der Waals surface area contributed by atoms with Gasteiger partial charge in [-0.3, -0.25) is 9.69 Å². The molecule has 0 saturated heterocycles. The Morgan fingerprint density at radius 3 is 2.77 bits per heavy atom. The summed E-state index contributed by atoms with van der Waals surface area (Å²) in [5, 5.41) is 7.63. The first kappa shape index (κ1) is 20.0. The molecule has 3 heterocycles. The molecule has 2 aromatic heterocycles. The number of benzene rings is 1. The molecule has 10 heteroatoms. The predicted octanol–water partition coefficient (Wildman–Crippen LogP) is 4.22. The van der Waals surface area contributed by atoms with Crippen LogP contribution in [0.1, 0.15) is 39.8 Å². The van der Waals surface area contributed by atoms with E-state index < -0.39 is 18.1 Å². The molecule has 1 aliphatic rings. The Morgan fingerprint density at radius 1 is 1.27 bits per heavy atom. The fourth-order valence-electron chi connectivity index (χ4n) is 3.48. The molecule has 1 aliphatic heterocycles. The normalized spacial score (nSPS) is 16.4. The van der Waals surface area contributed by atoms with E-state index in [0.717, 1.165) is 10.2 Å². The van der Waals surface area contributed by atoms with Crippen LogP contribution in [0.15, 0.2) is 41.1 Å². The lowest BCUT2D eigenvalue weighted by atomic mass is 10.1. The van der Waals surface area contributed by atoms with Crippen molar-refractivity contribution in [2.75, 3.05) is 11.4 Å². The van der Waals surface area contributed by atoms with Crippen LogP contribution in [0.25, 0.3) is 0 Å². The van der Waals surface area contributed by atoms with E-state index in [9.17, 15) is 18.0 Å². The summed E-state index contributed by atoms with van der Waals surface area (Å²) in [5.41, 5.74) is 1.39. The molecule has 30 heavy (non-hydrogen) atoms. The van der Waals surface area contributed by atoms with Gasteiger partial charge in [0.25, 0.3) is 5.91 Å². The fourth-order valence-corrected chi connectivity index (χ4v) is 3.48. The van der Waals surface area contributed by atoms with Gasteiger partial charge in [-0.25, -0.2) is 4.68 Å². The van der Waals surface area contributed by atoms with E-state index >= 15 is 0 Å². The van der Waals surface area contributed by atoms with Crippen molar-refractivity contribution in [3.8, 4) is 5.75 Å². The molecule has 0 radical (unpaired) electrons. The molecule has 0 bridgehead atoms. The van der Waals surface area contributed by atoms with E-state index in [1.165, 1.54) is 17.2 Å². The number of para-hydroxylation sites is 1. The van der Waals surface area contributed by atoms with Crippen LogP contribution < -0.4 is 9.64 Å². The van der Waals surface area contributed by atoms with Gasteiger partial charge in [-0.05, 0) is 31.9 Å². The Morgan fingerprint density at radius 2 is 2.03 bits per heavy atom. The van der Waals surface area contributed by atoms with Gasteiger partial charge in [0, 0.05) is 12.6 Å². The number of rotatable bonds is 4. The monoisotopic (exact) mass is 420 g/mol. The number of hydrogen-bond donors (Lipinski definition) is 0. The summed E-state index contributed by atoms with van der Waals surface area (Å²) in [7, 11) is 0. The second-order valence-corrected chi connectivity index (χ2v) is 7.06. The molecule has 1 unspecified atom stereocenters. The van der Waals surface area contributed by atoms with Gasteiger partial charge in [0.2, 0.25) is 0 Å². The SMILES string of the molecule is Cc1ccccc1OCc1c(C(=O)N2CCC(C(F)(F)F)n3nccc32)noc1C. The molecule has 4 rings (SSSR count). The standard InChI is InChI=1S/C20H19F3N4O3/c1-12-5-3-4-6-15(12)29-11-14-13(2)30-25-18(14)19(28)26-10-8-16(20(21,22)23)27-17(26)7-9-24-27/h3-7,9,16H,8,10-11H2,1-2H3. The van der Waals surface area contributed by atoms with E-state index in [1.807, 2.05) is 25.1 Å². The Labute approximate surface area is 170 Å². The highest BCUT2D eigenvalue weighted by molar-refractivity contribution is 6.05. The number of halogens is 3. The average molecular weight is 420 g/mol. The minimum atomic E-state index is -4.45. The van der Waals surface area contributed by atoms with Crippen LogP contribution in [-0.2, 0) is 6.61 Å². The van der Waals surface area contributed by atoms with Gasteiger partial charge in [-0.15, -0.1) is 0 Å². The second kappa shape index (κ2) is 7.51. The molecule has 0 fully saturated rings. The van der Waals surface area contributed by atoms with Gasteiger partial charge in [0.1, 0.15) is 23.9 Å². The van der Waals surface area contributed by atoms with Crippen molar-refractivity contribution in [1.29, 1.82) is 0 Å². The zero-order chi connectivity index (χ0) is 21.5. The topological polar surface area (TPSA) is 73.4 Å². The summed E-state index contributed by atoms with van der Waals surface area (Å²) in [4.78, 5) is 14.4. The number of carbonyl (C=O) groups excluding carboxylic acids is 1. The third-order valence-corrected chi connectivity index (χ3v) is 5.12. The van der Waals surface area contributed by atoms with Crippen molar-refractivity contribution in [3.63, 3.8) is 0 Å². The lowest BCUT2D eigenvalue weighted by Crippen LogP contribution is -2.43. The number of anilines is 1. The third kappa shape index (κ3) is 3.53. The van der Waals surface area contributed by atoms with Gasteiger partial charge < -0.3 is 9.26 Å². The van der Waals surface area contributed by atoms with Crippen LogP contribution >= 0.6 is 0 Å². The number of hydrogen-bond acceptors (Lipinski definition) is 5. The third-order valence-electron chi connectivity index (χ3n) is 5.12. The van der Waals surface area contributed by atoms with E-state index in [4.69, 9.17) is 9.26 Å². The van der Waals surface area contributed by atoms with Crippen LogP contribution in [-0.4, -0.2) is 33.6 Å². The van der Waals surface area contributed by atoms with Crippen molar-refractivity contribution in [3.05, 3.63) is 59.1 Å². The highest BCUT2D eigenvalue weighted by Crippen LogP contribution is 2.39. The first-order valence-electron chi connectivity index (χ1n) is 9.33. The number of alkyl halides is 3. The largest absolute Gasteiger partial charge is 0.488 e. The molecule has 0 aliphatic carbocycles. The van der Waals surface area contributed by atoms with Crippen molar-refractivity contribution < 1.29 is 27.2 Å². The molecule has 3 aromatic rings. The highest BCUT2D eigenvalue weighted by atomic mass is 19.4. The Balaban J connectivity index is 1.60. The number of fused-ring (bicyclic) bond motifs is 1. The van der Waals surface area contributed by atoms with Crippen LogP contribution in [0, 0.1) is 13.8 Å². The van der Waals surface area contributed by atoms with E-state index in [2.05, 4.69) is 10.3 Å². The maximum absolute atomic E-state index is 13.3. The molecule has 0 saturated carbocycles. The molecule has 158 valence electrons. The number of aryl methyl sites for hydroxylation is 2. The first-order chi connectivity index (χ1) is 14.3. The summed E-state index contributed by atoms with van der Waals surface area (Å²) in [5.74, 6) is 0.573. The number of amides is 1. The quantitative estimate of drug-likeness (QED) is 0.632. The zero-order valence-electron chi connectivity index (χ0n) is 16.3. The van der Waals surface area contributed by atoms with Gasteiger partial charge in [0.05, 0.1) is 11.8 Å². The second-order valence-electron chi connectivity index (χ2n) is 7.06. The highest BCUT2D eigenvalue weighted by Gasteiger charge is 2.46. The van der Waals surface area contributed by atoms with E-state index in [1.54, 1.807) is 13.0 Å². The minimum Gasteiger partial charge on any atom is -0.488 e. The minimum absolute atomic E-state index is 0.0132. The summed E-state index contributed by atoms with van der Waals surface area (Å²) < 4.78 is 51.7. The molecule has 0 N–H and O–H groups in total. The van der Waals surface area contributed by atoms with Gasteiger partial charge in [0.15, 0.2) is 11.7 Å². The van der Waals surface area contributed by atoms with Gasteiger partial charge in [-0.2, -0.15) is 18.3 Å². The molecule has 7 nitrogen and oxygen atoms in total. The van der Waals surface area contributed by atoms with Crippen molar-refractivity contribution in [2.45, 2.75) is 39.1 Å². The summed E-state index contributed by atoms with van der Waals surface area (Å²) in [6, 6.07) is 7.03. The van der Waals surface area contributed by atoms with Gasteiger partial charge >= 0.3 is 6.18 Å². The maximum Gasteiger partial charge on any atom is 0.410 e. The molecule has 1 amide bonds. The van der Waals surface area contributed by atoms with Crippen LogP contribution in [0.4, 0.5) is 19.0 Å². The zero-order valence-corrected chi connectivity index (χ0v) is 16.3. The van der Waals surface area contributed by atoms with Crippen LogP contribution in [0.5, 0.6) is 5.75 Å². The number of carbonyl (C=O) groups is 1. The molecule has 1 aromatic carbocycles. The summed E-state index contributed by atoms with van der Waals surface area (Å²) >= 11 is 0. The van der Waals surface area contributed by atoms with Crippen molar-refractivity contribution >= 4 is 11.7 Å². The average Bonchev–Trinajstić information content (AvgIpc) is 3.32. The van der Waals surface area contributed by atoms with Gasteiger partial charge in [-0.1, -0.05) is 23.4 Å². The molecular weight excluding hydrogens is 401 g/mol. The van der Waals surface area contributed by atoms with E-state index in [0.29, 0.717) is 17.1 Å². The first-order valence-corrected chi connectivity index (χ1v) is 9.33. The fraction of sp³-hybridized carbons (Fsp3) is 0.350. The number of aromatic nitrogens is 3. The Bertz CT molecular complexity index is 1070. The maximum atomic E-state index is 13.3. The summed E-state index contributed by atoms with van der Waals surface area (Å²) in [6.45, 7) is 3.48. The van der Waals surface area contributed by atoms with Crippen LogP contribution in [0.2, 0.25) is 0 Å². The lowest BCUT2D eigenvalue weighted by molar-refractivity contribution is -0.172. The predicted molar refractivity (Wildman–Crippen MR) is 100 cm³/mol. The molecular formula is C20H19F3N4O3.